The smallest absolute Gasteiger partial charge is 0.245 e. The summed E-state index contributed by atoms with van der Waals surface area (Å²) in [6.45, 7) is 2.25. The molecule has 0 aromatic carbocycles. The Hall–Kier alpha value is 0.0500. The summed E-state index contributed by atoms with van der Waals surface area (Å²) in [5.74, 6) is 0. The second kappa shape index (κ2) is 6.87. The maximum Gasteiger partial charge on any atom is 0.245 e. The molecule has 114 valence electrons. The van der Waals surface area contributed by atoms with E-state index in [1.165, 1.54) is 17.8 Å². The van der Waals surface area contributed by atoms with Crippen molar-refractivity contribution >= 4 is 37.3 Å². The number of aliphatic hydroxyl groups is 1. The maximum atomic E-state index is 12.8. The fraction of sp³-hybridized carbons (Fsp3) is 0.692. The van der Waals surface area contributed by atoms with Gasteiger partial charge in [-0.1, -0.05) is 26.2 Å². The van der Waals surface area contributed by atoms with Crippen molar-refractivity contribution in [3.63, 3.8) is 0 Å². The van der Waals surface area contributed by atoms with Crippen molar-refractivity contribution in [3.05, 3.63) is 14.7 Å². The summed E-state index contributed by atoms with van der Waals surface area (Å²) in [6.07, 6.45) is 5.29. The number of thiophene rings is 1. The first-order valence-corrected chi connectivity index (χ1v) is 9.96. The second-order valence-corrected chi connectivity index (χ2v) is 9.32. The molecule has 1 saturated carbocycles. The summed E-state index contributed by atoms with van der Waals surface area (Å²) in [5, 5.41) is 9.17. The number of rotatable bonds is 5. The van der Waals surface area contributed by atoms with Gasteiger partial charge in [0.15, 0.2) is 0 Å². The lowest BCUT2D eigenvalue weighted by molar-refractivity contribution is 0.261. The van der Waals surface area contributed by atoms with Gasteiger partial charge in [-0.15, -0.1) is 11.3 Å². The largest absolute Gasteiger partial charge is 0.391 e. The Morgan fingerprint density at radius 2 is 2.05 bits per heavy atom. The fourth-order valence-electron chi connectivity index (χ4n) is 2.77. The van der Waals surface area contributed by atoms with Gasteiger partial charge in [0, 0.05) is 17.5 Å². The predicted octanol–water partition coefficient (Wildman–Crippen LogP) is 3.35. The van der Waals surface area contributed by atoms with Gasteiger partial charge in [0.25, 0.3) is 0 Å². The van der Waals surface area contributed by atoms with Crippen LogP contribution in [-0.2, 0) is 16.6 Å². The maximum absolute atomic E-state index is 12.8. The first kappa shape index (κ1) is 16.4. The summed E-state index contributed by atoms with van der Waals surface area (Å²) < 4.78 is 27.9. The third-order valence-corrected chi connectivity index (χ3v) is 8.01. The average Bonchev–Trinajstić information content (AvgIpc) is 2.82. The molecule has 0 saturated heterocycles. The van der Waals surface area contributed by atoms with Gasteiger partial charge in [-0.2, -0.15) is 4.31 Å². The van der Waals surface area contributed by atoms with Crippen LogP contribution in [0.2, 0.25) is 0 Å². The van der Waals surface area contributed by atoms with Crippen LogP contribution in [0.1, 0.15) is 43.9 Å². The molecule has 1 aromatic heterocycles. The molecule has 0 bridgehead atoms. The number of hydrogen-bond donors (Lipinski definition) is 1. The van der Waals surface area contributed by atoms with E-state index in [4.69, 9.17) is 5.11 Å². The van der Waals surface area contributed by atoms with E-state index >= 15 is 0 Å². The second-order valence-electron chi connectivity index (χ2n) is 5.01. The molecule has 1 heterocycles. The van der Waals surface area contributed by atoms with Crippen molar-refractivity contribution in [1.29, 1.82) is 0 Å². The van der Waals surface area contributed by atoms with Crippen LogP contribution in [0.15, 0.2) is 14.7 Å². The van der Waals surface area contributed by atoms with Crippen molar-refractivity contribution in [3.8, 4) is 0 Å². The van der Waals surface area contributed by atoms with Crippen LogP contribution in [0, 0.1) is 0 Å². The highest BCUT2D eigenvalue weighted by Crippen LogP contribution is 2.35. The Labute approximate surface area is 133 Å². The van der Waals surface area contributed by atoms with Gasteiger partial charge >= 0.3 is 0 Å². The van der Waals surface area contributed by atoms with Crippen LogP contribution in [0.3, 0.4) is 0 Å². The molecule has 0 radical (unpaired) electrons. The molecule has 1 N–H and O–H groups in total. The molecule has 1 aliphatic carbocycles. The lowest BCUT2D eigenvalue weighted by Gasteiger charge is -2.32. The van der Waals surface area contributed by atoms with Crippen molar-refractivity contribution < 1.29 is 13.5 Å². The number of sulfonamides is 1. The Morgan fingerprint density at radius 1 is 1.40 bits per heavy atom. The van der Waals surface area contributed by atoms with Gasteiger partial charge in [-0.05, 0) is 34.8 Å². The Balaban J connectivity index is 2.32. The molecule has 1 fully saturated rings. The molecule has 4 nitrogen and oxygen atoms in total. The molecule has 0 atom stereocenters. The topological polar surface area (TPSA) is 57.6 Å². The molecule has 7 heteroatoms. The van der Waals surface area contributed by atoms with E-state index in [9.17, 15) is 8.42 Å². The Morgan fingerprint density at radius 3 is 2.55 bits per heavy atom. The van der Waals surface area contributed by atoms with Crippen molar-refractivity contribution in [2.75, 3.05) is 6.54 Å². The standard InChI is InChI=1S/C13H20BrNO3S2/c1-2-15(10-6-4-3-5-7-10)20(17,18)12-8-11(9-16)19-13(12)14/h8,10,16H,2-7,9H2,1H3. The normalized spacial score (nSPS) is 17.8. The number of aliphatic hydroxyl groups excluding tert-OH is 1. The van der Waals surface area contributed by atoms with E-state index in [0.717, 1.165) is 25.7 Å². The summed E-state index contributed by atoms with van der Waals surface area (Å²) in [7, 11) is -3.48. The molecule has 0 spiro atoms. The summed E-state index contributed by atoms with van der Waals surface area (Å²) >= 11 is 4.59. The molecule has 1 aliphatic rings. The van der Waals surface area contributed by atoms with Gasteiger partial charge in [-0.25, -0.2) is 8.42 Å². The highest BCUT2D eigenvalue weighted by Gasteiger charge is 2.33. The summed E-state index contributed by atoms with van der Waals surface area (Å²) in [6, 6.07) is 1.69. The van der Waals surface area contributed by atoms with Crippen LogP contribution in [0.25, 0.3) is 0 Å². The molecular formula is C13H20BrNO3S2. The first-order chi connectivity index (χ1) is 9.50. The van der Waals surface area contributed by atoms with E-state index in [-0.39, 0.29) is 12.6 Å². The van der Waals surface area contributed by atoms with Gasteiger partial charge in [0.1, 0.15) is 4.90 Å². The van der Waals surface area contributed by atoms with Crippen LogP contribution in [0.5, 0.6) is 0 Å². The Bertz CT molecular complexity index is 550. The molecule has 0 amide bonds. The van der Waals surface area contributed by atoms with Crippen LogP contribution >= 0.6 is 27.3 Å². The minimum atomic E-state index is -3.48. The zero-order valence-electron chi connectivity index (χ0n) is 11.5. The lowest BCUT2D eigenvalue weighted by Crippen LogP contribution is -2.41. The van der Waals surface area contributed by atoms with E-state index in [1.54, 1.807) is 10.4 Å². The van der Waals surface area contributed by atoms with Gasteiger partial charge in [-0.3, -0.25) is 0 Å². The molecule has 0 aliphatic heterocycles. The average molecular weight is 382 g/mol. The zero-order valence-corrected chi connectivity index (χ0v) is 14.7. The fourth-order valence-corrected chi connectivity index (χ4v) is 6.96. The molecular weight excluding hydrogens is 362 g/mol. The van der Waals surface area contributed by atoms with E-state index in [0.29, 0.717) is 20.1 Å². The van der Waals surface area contributed by atoms with Gasteiger partial charge in [0.2, 0.25) is 10.0 Å². The quantitative estimate of drug-likeness (QED) is 0.850. The molecule has 2 rings (SSSR count). The van der Waals surface area contributed by atoms with Gasteiger partial charge in [0.05, 0.1) is 10.4 Å². The highest BCUT2D eigenvalue weighted by atomic mass is 79.9. The van der Waals surface area contributed by atoms with Crippen molar-refractivity contribution in [2.24, 2.45) is 0 Å². The minimum absolute atomic E-state index is 0.114. The van der Waals surface area contributed by atoms with Crippen molar-refractivity contribution in [2.45, 2.75) is 56.6 Å². The summed E-state index contributed by atoms with van der Waals surface area (Å²) in [5.41, 5.74) is 0. The third kappa shape index (κ3) is 3.27. The molecule has 20 heavy (non-hydrogen) atoms. The first-order valence-electron chi connectivity index (χ1n) is 6.91. The van der Waals surface area contributed by atoms with Crippen LogP contribution in [-0.4, -0.2) is 30.4 Å². The third-order valence-electron chi connectivity index (χ3n) is 3.74. The van der Waals surface area contributed by atoms with E-state index in [2.05, 4.69) is 15.9 Å². The van der Waals surface area contributed by atoms with Crippen LogP contribution in [0.4, 0.5) is 0 Å². The highest BCUT2D eigenvalue weighted by molar-refractivity contribution is 9.11. The predicted molar refractivity (Wildman–Crippen MR) is 84.4 cm³/mol. The van der Waals surface area contributed by atoms with Crippen molar-refractivity contribution in [1.82, 2.24) is 4.31 Å². The number of halogens is 1. The van der Waals surface area contributed by atoms with Gasteiger partial charge < -0.3 is 5.11 Å². The summed E-state index contributed by atoms with van der Waals surface area (Å²) in [4.78, 5) is 0.953. The lowest BCUT2D eigenvalue weighted by atomic mass is 9.95. The van der Waals surface area contributed by atoms with Crippen LogP contribution < -0.4 is 0 Å². The number of hydrogen-bond acceptors (Lipinski definition) is 4. The SMILES string of the molecule is CCN(C1CCCCC1)S(=O)(=O)c1cc(CO)sc1Br. The minimum Gasteiger partial charge on any atom is -0.391 e. The molecule has 0 unspecified atom stereocenters. The van der Waals surface area contributed by atoms with E-state index in [1.807, 2.05) is 6.92 Å². The molecule has 1 aromatic rings. The van der Waals surface area contributed by atoms with E-state index < -0.39 is 10.0 Å². The monoisotopic (exact) mass is 381 g/mol. The Kier molecular flexibility index (Phi) is 5.64. The number of nitrogens with zero attached hydrogens (tertiary/aromatic N) is 1. The zero-order chi connectivity index (χ0) is 14.8.